The van der Waals surface area contributed by atoms with E-state index in [9.17, 15) is 4.79 Å². The number of nitrogens with zero attached hydrogens (tertiary/aromatic N) is 6. The zero-order valence-electron chi connectivity index (χ0n) is 13.5. The van der Waals surface area contributed by atoms with Crippen molar-refractivity contribution in [1.29, 1.82) is 0 Å². The van der Waals surface area contributed by atoms with Crippen LogP contribution in [0.1, 0.15) is 36.9 Å². The van der Waals surface area contributed by atoms with Crippen LogP contribution in [0.3, 0.4) is 0 Å². The first-order valence-electron chi connectivity index (χ1n) is 8.23. The maximum atomic E-state index is 12.6. The maximum absolute atomic E-state index is 12.6. The Morgan fingerprint density at radius 3 is 3.04 bits per heavy atom. The highest BCUT2D eigenvalue weighted by molar-refractivity contribution is 5.82. The van der Waals surface area contributed by atoms with Gasteiger partial charge < -0.3 is 9.84 Å². The van der Waals surface area contributed by atoms with E-state index in [0.717, 1.165) is 31.4 Å². The van der Waals surface area contributed by atoms with Crippen molar-refractivity contribution in [3.05, 3.63) is 42.0 Å². The molecule has 128 valence electrons. The number of tetrazole rings is 1. The first-order valence-corrected chi connectivity index (χ1v) is 8.23. The van der Waals surface area contributed by atoms with Crippen LogP contribution in [-0.2, 0) is 17.9 Å². The van der Waals surface area contributed by atoms with Crippen LogP contribution >= 0.6 is 0 Å². The highest BCUT2D eigenvalue weighted by Crippen LogP contribution is 2.24. The normalized spacial score (nSPS) is 16.9. The van der Waals surface area contributed by atoms with Crippen LogP contribution in [0.4, 0.5) is 0 Å². The molecule has 1 atom stereocenters. The highest BCUT2D eigenvalue weighted by atomic mass is 16.5. The summed E-state index contributed by atoms with van der Waals surface area (Å²) in [6.45, 7) is 0.924. The molecule has 0 fully saturated rings. The number of carbonyl (C=O) groups excluding carboxylic acids is 1. The van der Waals surface area contributed by atoms with E-state index in [1.807, 2.05) is 30.3 Å². The number of amides is 1. The molecule has 0 radical (unpaired) electrons. The fraction of sp³-hybridized carbons (Fsp3) is 0.375. The lowest BCUT2D eigenvalue weighted by molar-refractivity contribution is -0.123. The molecule has 1 N–H and O–H groups in total. The minimum atomic E-state index is -0.353. The van der Waals surface area contributed by atoms with E-state index in [1.54, 1.807) is 4.68 Å². The van der Waals surface area contributed by atoms with E-state index < -0.39 is 0 Å². The van der Waals surface area contributed by atoms with Crippen molar-refractivity contribution < 1.29 is 9.32 Å². The molecule has 0 saturated carbocycles. The van der Waals surface area contributed by atoms with E-state index in [1.165, 1.54) is 0 Å². The Bertz CT molecular complexity index is 858. The number of fused-ring (bicyclic) bond motifs is 1. The van der Waals surface area contributed by atoms with Gasteiger partial charge in [-0.15, -0.1) is 5.10 Å². The number of aryl methyl sites for hydroxylation is 1. The van der Waals surface area contributed by atoms with Gasteiger partial charge in [0.25, 0.3) is 0 Å². The summed E-state index contributed by atoms with van der Waals surface area (Å²) in [4.78, 5) is 16.9. The smallest absolute Gasteiger partial charge is 0.246 e. The van der Waals surface area contributed by atoms with Gasteiger partial charge in [0.1, 0.15) is 0 Å². The summed E-state index contributed by atoms with van der Waals surface area (Å²) >= 11 is 0. The summed E-state index contributed by atoms with van der Waals surface area (Å²) < 4.78 is 6.92. The Morgan fingerprint density at radius 1 is 1.28 bits per heavy atom. The third-order valence-corrected chi connectivity index (χ3v) is 4.21. The zero-order chi connectivity index (χ0) is 17.1. The number of hydrogen-bond donors (Lipinski definition) is 1. The molecule has 25 heavy (non-hydrogen) atoms. The van der Waals surface area contributed by atoms with Gasteiger partial charge in [-0.2, -0.15) is 4.98 Å². The van der Waals surface area contributed by atoms with E-state index in [-0.39, 0.29) is 18.4 Å². The van der Waals surface area contributed by atoms with Crippen LogP contribution in [0.25, 0.3) is 11.4 Å². The number of rotatable bonds is 4. The molecular formula is C16H17N7O2. The average molecular weight is 339 g/mol. The lowest BCUT2D eigenvalue weighted by Crippen LogP contribution is -2.30. The molecule has 1 amide bonds. The molecule has 4 rings (SSSR count). The molecule has 0 spiro atoms. The van der Waals surface area contributed by atoms with Gasteiger partial charge in [-0.25, -0.2) is 4.68 Å². The standard InChI is InChI=1S/C16H17N7O2/c24-16(12-8-4-5-9-23-15(12)19-21-22-23)17-10-13-18-14(20-25-13)11-6-2-1-3-7-11/h1-3,6-7,12H,4-5,8-10H2,(H,17,24)/t12-/m0/s1. The summed E-state index contributed by atoms with van der Waals surface area (Å²) in [6, 6.07) is 9.54. The molecule has 2 aromatic heterocycles. The number of carbonyl (C=O) groups is 1. The monoisotopic (exact) mass is 339 g/mol. The lowest BCUT2D eigenvalue weighted by Gasteiger charge is -2.12. The zero-order valence-corrected chi connectivity index (χ0v) is 13.5. The quantitative estimate of drug-likeness (QED) is 0.762. The largest absolute Gasteiger partial charge is 0.346 e. The van der Waals surface area contributed by atoms with Crippen LogP contribution in [0.5, 0.6) is 0 Å². The molecule has 0 saturated heterocycles. The van der Waals surface area contributed by atoms with Crippen LogP contribution in [0.15, 0.2) is 34.9 Å². The molecule has 0 unspecified atom stereocenters. The van der Waals surface area contributed by atoms with Crippen molar-refractivity contribution >= 4 is 5.91 Å². The summed E-state index contributed by atoms with van der Waals surface area (Å²) in [5.41, 5.74) is 0.867. The summed E-state index contributed by atoms with van der Waals surface area (Å²) in [6.07, 6.45) is 2.64. The predicted molar refractivity (Wildman–Crippen MR) is 86.0 cm³/mol. The van der Waals surface area contributed by atoms with E-state index in [4.69, 9.17) is 4.52 Å². The third-order valence-electron chi connectivity index (χ3n) is 4.21. The Kier molecular flexibility index (Phi) is 4.19. The molecule has 1 aliphatic rings. The van der Waals surface area contributed by atoms with E-state index >= 15 is 0 Å². The Balaban J connectivity index is 1.42. The van der Waals surface area contributed by atoms with Gasteiger partial charge in [-0.05, 0) is 23.3 Å². The van der Waals surface area contributed by atoms with Crippen molar-refractivity contribution in [3.63, 3.8) is 0 Å². The van der Waals surface area contributed by atoms with Gasteiger partial charge in [-0.1, -0.05) is 41.9 Å². The number of benzene rings is 1. The SMILES string of the molecule is O=C(NCc1nc(-c2ccccc2)no1)[C@H]1CCCCn2nnnc21. The van der Waals surface area contributed by atoms with Crippen molar-refractivity contribution in [3.8, 4) is 11.4 Å². The highest BCUT2D eigenvalue weighted by Gasteiger charge is 2.28. The fourth-order valence-corrected chi connectivity index (χ4v) is 2.92. The van der Waals surface area contributed by atoms with Gasteiger partial charge in [-0.3, -0.25) is 4.79 Å². The second-order valence-corrected chi connectivity index (χ2v) is 5.90. The minimum absolute atomic E-state index is 0.127. The molecule has 9 nitrogen and oxygen atoms in total. The van der Waals surface area contributed by atoms with Gasteiger partial charge in [0.05, 0.1) is 12.5 Å². The van der Waals surface area contributed by atoms with Gasteiger partial charge in [0.2, 0.25) is 17.6 Å². The summed E-state index contributed by atoms with van der Waals surface area (Å²) in [5.74, 6) is 1.00. The van der Waals surface area contributed by atoms with Gasteiger partial charge in [0, 0.05) is 12.1 Å². The van der Waals surface area contributed by atoms with Crippen LogP contribution < -0.4 is 5.32 Å². The van der Waals surface area contributed by atoms with E-state index in [2.05, 4.69) is 31.0 Å². The molecule has 3 heterocycles. The lowest BCUT2D eigenvalue weighted by atomic mass is 10.0. The van der Waals surface area contributed by atoms with Crippen molar-refractivity contribution in [2.75, 3.05) is 0 Å². The molecule has 3 aromatic rings. The van der Waals surface area contributed by atoms with Gasteiger partial charge >= 0.3 is 0 Å². The van der Waals surface area contributed by atoms with E-state index in [0.29, 0.717) is 17.5 Å². The van der Waals surface area contributed by atoms with Crippen LogP contribution in [-0.4, -0.2) is 36.3 Å². The Hall–Kier alpha value is -3.10. The number of nitrogens with one attached hydrogen (secondary N) is 1. The Labute approximate surface area is 143 Å². The number of aromatic nitrogens is 6. The predicted octanol–water partition coefficient (Wildman–Crippen LogP) is 1.31. The maximum Gasteiger partial charge on any atom is 0.246 e. The fourth-order valence-electron chi connectivity index (χ4n) is 2.92. The first-order chi connectivity index (χ1) is 12.3. The Morgan fingerprint density at radius 2 is 2.16 bits per heavy atom. The molecule has 9 heteroatoms. The van der Waals surface area contributed by atoms with Gasteiger partial charge in [0.15, 0.2) is 5.82 Å². The minimum Gasteiger partial charge on any atom is -0.346 e. The number of hydrogen-bond acceptors (Lipinski definition) is 7. The average Bonchev–Trinajstić information content (AvgIpc) is 3.26. The third kappa shape index (κ3) is 3.25. The first kappa shape index (κ1) is 15.4. The summed E-state index contributed by atoms with van der Waals surface area (Å²) in [5, 5.41) is 18.4. The van der Waals surface area contributed by atoms with Crippen molar-refractivity contribution in [1.82, 2.24) is 35.7 Å². The molecule has 0 aliphatic carbocycles. The topological polar surface area (TPSA) is 112 Å². The molecule has 1 aromatic carbocycles. The second kappa shape index (κ2) is 6.80. The molecule has 0 bridgehead atoms. The van der Waals surface area contributed by atoms with Crippen molar-refractivity contribution in [2.45, 2.75) is 38.3 Å². The molecular weight excluding hydrogens is 322 g/mol. The van der Waals surface area contributed by atoms with Crippen LogP contribution in [0, 0.1) is 0 Å². The summed E-state index contributed by atoms with van der Waals surface area (Å²) in [7, 11) is 0. The van der Waals surface area contributed by atoms with Crippen molar-refractivity contribution in [2.24, 2.45) is 0 Å². The van der Waals surface area contributed by atoms with Crippen LogP contribution in [0.2, 0.25) is 0 Å². The second-order valence-electron chi connectivity index (χ2n) is 5.90. The molecule has 1 aliphatic heterocycles.